The molecule has 1 aromatic rings. The van der Waals surface area contributed by atoms with Gasteiger partial charge in [-0.1, -0.05) is 0 Å². The van der Waals surface area contributed by atoms with Gasteiger partial charge < -0.3 is 21.5 Å². The van der Waals surface area contributed by atoms with Crippen LogP contribution in [-0.4, -0.2) is 30.5 Å². The van der Waals surface area contributed by atoms with Gasteiger partial charge in [-0.25, -0.2) is 4.79 Å². The third-order valence-corrected chi connectivity index (χ3v) is 2.52. The molecule has 0 fully saturated rings. The fourth-order valence-electron chi connectivity index (χ4n) is 1.51. The number of benzene rings is 1. The number of rotatable bonds is 5. The number of carbonyl (C=O) groups excluding carboxylic acids is 3. The van der Waals surface area contributed by atoms with Gasteiger partial charge >= 0.3 is 6.03 Å². The average molecular weight is 294 g/mol. The first-order valence-electron chi connectivity index (χ1n) is 6.29. The van der Waals surface area contributed by atoms with Gasteiger partial charge in [0.05, 0.1) is 5.56 Å². The molecule has 0 bridgehead atoms. The summed E-state index contributed by atoms with van der Waals surface area (Å²) in [6.07, 6.45) is -0.991. The van der Waals surface area contributed by atoms with Crippen molar-refractivity contribution < 1.29 is 19.1 Å². The highest BCUT2D eigenvalue weighted by Gasteiger charge is 2.19. The molecule has 0 aromatic heterocycles. The maximum Gasteiger partial charge on any atom is 0.321 e. The average Bonchev–Trinajstić information content (AvgIpc) is 2.40. The largest absolute Gasteiger partial charge is 0.480 e. The third-order valence-electron chi connectivity index (χ3n) is 2.52. The van der Waals surface area contributed by atoms with Crippen LogP contribution in [0.15, 0.2) is 18.2 Å². The maximum absolute atomic E-state index is 11.7. The number of imide groups is 1. The highest BCUT2D eigenvalue weighted by Crippen LogP contribution is 2.22. The van der Waals surface area contributed by atoms with E-state index in [0.717, 1.165) is 0 Å². The van der Waals surface area contributed by atoms with Crippen LogP contribution in [0.3, 0.4) is 0 Å². The third kappa shape index (κ3) is 4.68. The lowest BCUT2D eigenvalue weighted by atomic mass is 10.1. The Kier molecular flexibility index (Phi) is 5.53. The van der Waals surface area contributed by atoms with E-state index in [1.54, 1.807) is 6.92 Å². The van der Waals surface area contributed by atoms with E-state index in [1.165, 1.54) is 25.1 Å². The Balaban J connectivity index is 2.79. The molecule has 0 heterocycles. The molecule has 1 atom stereocenters. The van der Waals surface area contributed by atoms with Crippen LogP contribution in [0.5, 0.6) is 5.75 Å². The normalized spacial score (nSPS) is 11.3. The Morgan fingerprint density at radius 1 is 1.33 bits per heavy atom. The SMILES string of the molecule is CCNC(=O)NC(=O)C(C)Oc1ccc(N)cc1C(N)=O. The maximum atomic E-state index is 11.7. The first-order valence-corrected chi connectivity index (χ1v) is 6.29. The van der Waals surface area contributed by atoms with Crippen LogP contribution in [0.2, 0.25) is 0 Å². The molecule has 21 heavy (non-hydrogen) atoms. The number of hydrogen-bond donors (Lipinski definition) is 4. The molecule has 0 aliphatic carbocycles. The first kappa shape index (κ1) is 16.3. The van der Waals surface area contributed by atoms with Crippen LogP contribution in [0.1, 0.15) is 24.2 Å². The van der Waals surface area contributed by atoms with Gasteiger partial charge in [0, 0.05) is 12.2 Å². The van der Waals surface area contributed by atoms with E-state index in [1.807, 2.05) is 0 Å². The molecule has 4 amide bonds. The topological polar surface area (TPSA) is 137 Å². The predicted molar refractivity (Wildman–Crippen MR) is 76.7 cm³/mol. The second kappa shape index (κ2) is 7.13. The lowest BCUT2D eigenvalue weighted by Crippen LogP contribution is -2.45. The van der Waals surface area contributed by atoms with Gasteiger partial charge in [-0.3, -0.25) is 14.9 Å². The molecule has 0 saturated heterocycles. The van der Waals surface area contributed by atoms with Crippen molar-refractivity contribution in [3.05, 3.63) is 23.8 Å². The van der Waals surface area contributed by atoms with E-state index in [0.29, 0.717) is 12.2 Å². The van der Waals surface area contributed by atoms with Crippen molar-refractivity contribution in [3.63, 3.8) is 0 Å². The summed E-state index contributed by atoms with van der Waals surface area (Å²) in [7, 11) is 0. The molecule has 0 aliphatic heterocycles. The number of ether oxygens (including phenoxy) is 1. The molecule has 0 radical (unpaired) electrons. The predicted octanol–water partition coefficient (Wildman–Crippen LogP) is -0.0193. The standard InChI is InChI=1S/C13H18N4O4/c1-3-16-13(20)17-12(19)7(2)21-10-5-4-8(14)6-9(10)11(15)18/h4-7H,3,14H2,1-2H3,(H2,15,18)(H2,16,17,19,20). The lowest BCUT2D eigenvalue weighted by Gasteiger charge is -2.16. The number of nitrogen functional groups attached to an aromatic ring is 1. The van der Waals surface area contributed by atoms with Crippen molar-refractivity contribution in [2.24, 2.45) is 5.73 Å². The van der Waals surface area contributed by atoms with Crippen LogP contribution in [0, 0.1) is 0 Å². The minimum Gasteiger partial charge on any atom is -0.480 e. The molecule has 0 saturated carbocycles. The first-order chi connectivity index (χ1) is 9.85. The smallest absolute Gasteiger partial charge is 0.321 e. The number of anilines is 1. The van der Waals surface area contributed by atoms with Crippen LogP contribution >= 0.6 is 0 Å². The van der Waals surface area contributed by atoms with E-state index >= 15 is 0 Å². The van der Waals surface area contributed by atoms with Crippen LogP contribution in [-0.2, 0) is 4.79 Å². The molecule has 6 N–H and O–H groups in total. The van der Waals surface area contributed by atoms with Crippen LogP contribution in [0.4, 0.5) is 10.5 Å². The van der Waals surface area contributed by atoms with Crippen molar-refractivity contribution in [2.75, 3.05) is 12.3 Å². The van der Waals surface area contributed by atoms with Gasteiger partial charge in [-0.15, -0.1) is 0 Å². The number of nitrogens with two attached hydrogens (primary N) is 2. The van der Waals surface area contributed by atoms with E-state index in [2.05, 4.69) is 10.6 Å². The summed E-state index contributed by atoms with van der Waals surface area (Å²) < 4.78 is 5.35. The van der Waals surface area contributed by atoms with Crippen molar-refractivity contribution in [1.29, 1.82) is 0 Å². The number of hydrogen-bond acceptors (Lipinski definition) is 5. The van der Waals surface area contributed by atoms with E-state index in [9.17, 15) is 14.4 Å². The van der Waals surface area contributed by atoms with Gasteiger partial charge in [0.1, 0.15) is 5.75 Å². The molecule has 0 spiro atoms. The fraction of sp³-hybridized carbons (Fsp3) is 0.308. The number of carbonyl (C=O) groups is 3. The minimum atomic E-state index is -0.991. The summed E-state index contributed by atoms with van der Waals surface area (Å²) >= 11 is 0. The summed E-state index contributed by atoms with van der Waals surface area (Å²) in [5.41, 5.74) is 11.2. The zero-order valence-corrected chi connectivity index (χ0v) is 11.8. The molecule has 0 aliphatic rings. The second-order valence-corrected chi connectivity index (χ2v) is 4.23. The van der Waals surface area contributed by atoms with Crippen molar-refractivity contribution in [2.45, 2.75) is 20.0 Å². The van der Waals surface area contributed by atoms with Gasteiger partial charge in [0.15, 0.2) is 6.10 Å². The molecular weight excluding hydrogens is 276 g/mol. The van der Waals surface area contributed by atoms with E-state index in [-0.39, 0.29) is 11.3 Å². The number of primary amides is 1. The molecule has 114 valence electrons. The number of urea groups is 1. The van der Waals surface area contributed by atoms with Crippen molar-refractivity contribution in [1.82, 2.24) is 10.6 Å². The van der Waals surface area contributed by atoms with E-state index in [4.69, 9.17) is 16.2 Å². The number of nitrogens with one attached hydrogen (secondary N) is 2. The fourth-order valence-corrected chi connectivity index (χ4v) is 1.51. The zero-order chi connectivity index (χ0) is 16.0. The van der Waals surface area contributed by atoms with Gasteiger partial charge in [-0.05, 0) is 32.0 Å². The van der Waals surface area contributed by atoms with Crippen LogP contribution < -0.4 is 26.8 Å². The highest BCUT2D eigenvalue weighted by molar-refractivity contribution is 5.98. The number of amides is 4. The summed E-state index contributed by atoms with van der Waals surface area (Å²) in [5.74, 6) is -1.25. The Labute approximate surface area is 121 Å². The van der Waals surface area contributed by atoms with Crippen molar-refractivity contribution in [3.8, 4) is 5.75 Å². The lowest BCUT2D eigenvalue weighted by molar-refractivity contribution is -0.126. The zero-order valence-electron chi connectivity index (χ0n) is 11.8. The van der Waals surface area contributed by atoms with Gasteiger partial charge in [0.2, 0.25) is 0 Å². The van der Waals surface area contributed by atoms with Crippen LogP contribution in [0.25, 0.3) is 0 Å². The monoisotopic (exact) mass is 294 g/mol. The second-order valence-electron chi connectivity index (χ2n) is 4.23. The molecule has 8 nitrogen and oxygen atoms in total. The minimum absolute atomic E-state index is 0.0626. The summed E-state index contributed by atoms with van der Waals surface area (Å²) in [6, 6.07) is 3.68. The molecule has 8 heteroatoms. The summed E-state index contributed by atoms with van der Waals surface area (Å²) in [4.78, 5) is 34.3. The Morgan fingerprint density at radius 2 is 2.00 bits per heavy atom. The molecule has 1 aromatic carbocycles. The quantitative estimate of drug-likeness (QED) is 0.566. The summed E-state index contributed by atoms with van der Waals surface area (Å²) in [6.45, 7) is 3.55. The Hall–Kier alpha value is -2.77. The Bertz CT molecular complexity index is 559. The van der Waals surface area contributed by atoms with E-state index < -0.39 is 23.9 Å². The summed E-state index contributed by atoms with van der Waals surface area (Å²) in [5, 5.41) is 4.52. The van der Waals surface area contributed by atoms with Gasteiger partial charge in [0.25, 0.3) is 11.8 Å². The molecule has 1 rings (SSSR count). The molecular formula is C13H18N4O4. The highest BCUT2D eigenvalue weighted by atomic mass is 16.5. The van der Waals surface area contributed by atoms with Gasteiger partial charge in [-0.2, -0.15) is 0 Å². The van der Waals surface area contributed by atoms with Crippen molar-refractivity contribution >= 4 is 23.5 Å². The Morgan fingerprint density at radius 3 is 2.57 bits per heavy atom. The molecule has 1 unspecified atom stereocenters.